The van der Waals surface area contributed by atoms with Crippen molar-refractivity contribution in [3.63, 3.8) is 0 Å². The zero-order valence-electron chi connectivity index (χ0n) is 11.1. The minimum Gasteiger partial charge on any atom is -0.497 e. The van der Waals surface area contributed by atoms with Gasteiger partial charge in [-0.05, 0) is 17.7 Å². The van der Waals surface area contributed by atoms with Crippen LogP contribution in [0.4, 0.5) is 18.9 Å². The fourth-order valence-electron chi connectivity index (χ4n) is 1.65. The molecule has 1 heterocycles. The maximum absolute atomic E-state index is 12.6. The van der Waals surface area contributed by atoms with Crippen LogP contribution in [-0.2, 0) is 12.8 Å². The number of ether oxygens (including phenoxy) is 2. The van der Waals surface area contributed by atoms with Crippen molar-refractivity contribution in [1.29, 1.82) is 0 Å². The standard InChI is InChI=1S/C14H13F3N2O2/c1-20-10-4-2-3-9(5-10)8-21-12-6-13(14(15,16)17)19-7-11(12)18/h2-7H,8,18H2,1H3. The van der Waals surface area contributed by atoms with Crippen molar-refractivity contribution in [2.75, 3.05) is 12.8 Å². The molecular formula is C14H13F3N2O2. The smallest absolute Gasteiger partial charge is 0.433 e. The maximum Gasteiger partial charge on any atom is 0.433 e. The van der Waals surface area contributed by atoms with Crippen LogP contribution in [0.25, 0.3) is 0 Å². The molecule has 0 aliphatic carbocycles. The van der Waals surface area contributed by atoms with E-state index >= 15 is 0 Å². The average molecular weight is 298 g/mol. The molecule has 21 heavy (non-hydrogen) atoms. The third kappa shape index (κ3) is 3.77. The van der Waals surface area contributed by atoms with Gasteiger partial charge in [0, 0.05) is 6.07 Å². The average Bonchev–Trinajstić information content (AvgIpc) is 2.45. The molecule has 0 bridgehead atoms. The molecule has 0 amide bonds. The van der Waals surface area contributed by atoms with Gasteiger partial charge in [-0.25, -0.2) is 4.98 Å². The molecule has 0 fully saturated rings. The van der Waals surface area contributed by atoms with E-state index in [1.165, 1.54) is 7.11 Å². The monoisotopic (exact) mass is 298 g/mol. The summed E-state index contributed by atoms with van der Waals surface area (Å²) < 4.78 is 48.2. The fourth-order valence-corrected chi connectivity index (χ4v) is 1.65. The molecule has 0 saturated carbocycles. The van der Waals surface area contributed by atoms with Gasteiger partial charge in [-0.1, -0.05) is 12.1 Å². The third-order valence-electron chi connectivity index (χ3n) is 2.71. The summed E-state index contributed by atoms with van der Waals surface area (Å²) in [6, 6.07) is 7.79. The van der Waals surface area contributed by atoms with Crippen LogP contribution in [0, 0.1) is 0 Å². The van der Waals surface area contributed by atoms with Gasteiger partial charge in [-0.3, -0.25) is 0 Å². The number of halogens is 3. The van der Waals surface area contributed by atoms with Crippen LogP contribution >= 0.6 is 0 Å². The van der Waals surface area contributed by atoms with E-state index in [2.05, 4.69) is 4.98 Å². The van der Waals surface area contributed by atoms with Crippen molar-refractivity contribution in [2.45, 2.75) is 12.8 Å². The van der Waals surface area contributed by atoms with Crippen molar-refractivity contribution >= 4 is 5.69 Å². The number of nitrogens with zero attached hydrogens (tertiary/aromatic N) is 1. The SMILES string of the molecule is COc1cccc(COc2cc(C(F)(F)F)ncc2N)c1. The number of aromatic nitrogens is 1. The van der Waals surface area contributed by atoms with Crippen LogP contribution in [0.3, 0.4) is 0 Å². The molecule has 0 radical (unpaired) electrons. The first kappa shape index (κ1) is 15.0. The molecule has 0 spiro atoms. The number of methoxy groups -OCH3 is 1. The molecule has 7 heteroatoms. The third-order valence-corrected chi connectivity index (χ3v) is 2.71. The summed E-state index contributed by atoms with van der Waals surface area (Å²) in [5.74, 6) is 0.579. The summed E-state index contributed by atoms with van der Waals surface area (Å²) in [6.45, 7) is 0.0721. The first-order valence-electron chi connectivity index (χ1n) is 5.98. The predicted octanol–water partition coefficient (Wildman–Crippen LogP) is 3.27. The number of alkyl halides is 3. The molecule has 0 unspecified atom stereocenters. The first-order valence-corrected chi connectivity index (χ1v) is 5.98. The molecule has 1 aromatic carbocycles. The molecule has 0 aliphatic rings. The summed E-state index contributed by atoms with van der Waals surface area (Å²) in [5, 5.41) is 0. The second-order valence-electron chi connectivity index (χ2n) is 4.25. The molecule has 2 rings (SSSR count). The van der Waals surface area contributed by atoms with Crippen LogP contribution in [0.1, 0.15) is 11.3 Å². The van der Waals surface area contributed by atoms with E-state index < -0.39 is 11.9 Å². The van der Waals surface area contributed by atoms with Crippen molar-refractivity contribution in [3.05, 3.63) is 47.8 Å². The van der Waals surface area contributed by atoms with Crippen molar-refractivity contribution in [3.8, 4) is 11.5 Å². The van der Waals surface area contributed by atoms with E-state index in [0.29, 0.717) is 5.75 Å². The fraction of sp³-hybridized carbons (Fsp3) is 0.214. The Morgan fingerprint density at radius 2 is 2.00 bits per heavy atom. The highest BCUT2D eigenvalue weighted by Gasteiger charge is 2.33. The zero-order chi connectivity index (χ0) is 15.5. The lowest BCUT2D eigenvalue weighted by atomic mass is 10.2. The molecule has 0 saturated heterocycles. The quantitative estimate of drug-likeness (QED) is 0.941. The topological polar surface area (TPSA) is 57.4 Å². The number of anilines is 1. The van der Waals surface area contributed by atoms with E-state index in [9.17, 15) is 13.2 Å². The maximum atomic E-state index is 12.6. The minimum absolute atomic E-state index is 0.0471. The van der Waals surface area contributed by atoms with Crippen LogP contribution in [0.15, 0.2) is 36.5 Å². The molecule has 0 aliphatic heterocycles. The molecular weight excluding hydrogens is 285 g/mol. The molecule has 4 nitrogen and oxygen atoms in total. The highest BCUT2D eigenvalue weighted by Crippen LogP contribution is 2.32. The van der Waals surface area contributed by atoms with Crippen LogP contribution in [0.2, 0.25) is 0 Å². The Hall–Kier alpha value is -2.44. The Morgan fingerprint density at radius 3 is 2.67 bits per heavy atom. The number of pyridine rings is 1. The molecule has 2 N–H and O–H groups in total. The summed E-state index contributed by atoms with van der Waals surface area (Å²) in [6.07, 6.45) is -3.61. The summed E-state index contributed by atoms with van der Waals surface area (Å²) >= 11 is 0. The lowest BCUT2D eigenvalue weighted by Gasteiger charge is -2.12. The number of benzene rings is 1. The molecule has 0 atom stereocenters. The Kier molecular flexibility index (Phi) is 4.21. The Bertz CT molecular complexity index is 630. The predicted molar refractivity (Wildman–Crippen MR) is 71.0 cm³/mol. The van der Waals surface area contributed by atoms with Gasteiger partial charge in [0.05, 0.1) is 19.0 Å². The Labute approximate surface area is 119 Å². The molecule has 2 aromatic rings. The van der Waals surface area contributed by atoms with Crippen molar-refractivity contribution in [2.24, 2.45) is 0 Å². The Balaban J connectivity index is 2.15. The lowest BCUT2D eigenvalue weighted by Crippen LogP contribution is -2.09. The minimum atomic E-state index is -4.54. The summed E-state index contributed by atoms with van der Waals surface area (Å²) in [7, 11) is 1.52. The van der Waals surface area contributed by atoms with E-state index in [4.69, 9.17) is 15.2 Å². The van der Waals surface area contributed by atoms with Crippen molar-refractivity contribution < 1.29 is 22.6 Å². The van der Waals surface area contributed by atoms with E-state index in [1.54, 1.807) is 24.3 Å². The van der Waals surface area contributed by atoms with Gasteiger partial charge in [0.2, 0.25) is 0 Å². The number of nitrogens with two attached hydrogens (primary N) is 1. The number of nitrogen functional groups attached to an aromatic ring is 1. The zero-order valence-corrected chi connectivity index (χ0v) is 11.1. The second kappa shape index (κ2) is 5.90. The summed E-state index contributed by atoms with van der Waals surface area (Å²) in [4.78, 5) is 3.24. The normalized spacial score (nSPS) is 11.2. The van der Waals surface area contributed by atoms with Crippen molar-refractivity contribution in [1.82, 2.24) is 4.98 Å². The first-order chi connectivity index (χ1) is 9.90. The van der Waals surface area contributed by atoms with E-state index in [-0.39, 0.29) is 18.0 Å². The van der Waals surface area contributed by atoms with Gasteiger partial charge in [-0.2, -0.15) is 13.2 Å². The summed E-state index contributed by atoms with van der Waals surface area (Å²) in [5.41, 5.74) is 5.33. The molecule has 112 valence electrons. The lowest BCUT2D eigenvalue weighted by molar-refractivity contribution is -0.141. The van der Waals surface area contributed by atoms with Gasteiger partial charge in [-0.15, -0.1) is 0 Å². The van der Waals surface area contributed by atoms with Crippen LogP contribution in [-0.4, -0.2) is 12.1 Å². The number of hydrogen-bond acceptors (Lipinski definition) is 4. The number of rotatable bonds is 4. The highest BCUT2D eigenvalue weighted by molar-refractivity contribution is 5.51. The highest BCUT2D eigenvalue weighted by atomic mass is 19.4. The van der Waals surface area contributed by atoms with Crippen LogP contribution in [0.5, 0.6) is 11.5 Å². The van der Waals surface area contributed by atoms with Gasteiger partial charge in [0.15, 0.2) is 0 Å². The second-order valence-corrected chi connectivity index (χ2v) is 4.25. The van der Waals surface area contributed by atoms with Gasteiger partial charge in [0.1, 0.15) is 23.8 Å². The van der Waals surface area contributed by atoms with Crippen LogP contribution < -0.4 is 15.2 Å². The molecule has 1 aromatic heterocycles. The Morgan fingerprint density at radius 1 is 1.24 bits per heavy atom. The van der Waals surface area contributed by atoms with E-state index in [1.807, 2.05) is 0 Å². The van der Waals surface area contributed by atoms with E-state index in [0.717, 1.165) is 17.8 Å². The largest absolute Gasteiger partial charge is 0.497 e. The van der Waals surface area contributed by atoms with Gasteiger partial charge >= 0.3 is 6.18 Å². The van der Waals surface area contributed by atoms with Gasteiger partial charge in [0.25, 0.3) is 0 Å². The number of hydrogen-bond donors (Lipinski definition) is 1. The van der Waals surface area contributed by atoms with Gasteiger partial charge < -0.3 is 15.2 Å².